The predicted molar refractivity (Wildman–Crippen MR) is 83.4 cm³/mol. The smallest absolute Gasteiger partial charge is 0.222 e. The number of rotatable bonds is 4. The molecule has 1 amide bonds. The Bertz CT molecular complexity index is 305. The SMILES string of the molecule is CCC1CCCCCN1C(=O)CCC1CCCC(N)C1. The van der Waals surface area contributed by atoms with Crippen LogP contribution in [0.1, 0.15) is 77.6 Å². The Labute approximate surface area is 124 Å². The summed E-state index contributed by atoms with van der Waals surface area (Å²) in [6.45, 7) is 3.21. The fourth-order valence-electron chi connectivity index (χ4n) is 4.00. The zero-order valence-electron chi connectivity index (χ0n) is 13.2. The first-order chi connectivity index (χ1) is 9.70. The normalized spacial score (nSPS) is 31.9. The first kappa shape index (κ1) is 15.8. The van der Waals surface area contributed by atoms with Gasteiger partial charge in [0.2, 0.25) is 5.91 Å². The second-order valence-corrected chi connectivity index (χ2v) is 6.83. The summed E-state index contributed by atoms with van der Waals surface area (Å²) in [5, 5.41) is 0. The second-order valence-electron chi connectivity index (χ2n) is 6.83. The molecule has 0 radical (unpaired) electrons. The number of hydrogen-bond donors (Lipinski definition) is 1. The molecule has 2 fully saturated rings. The van der Waals surface area contributed by atoms with Crippen LogP contribution in [0.4, 0.5) is 0 Å². The third kappa shape index (κ3) is 4.47. The van der Waals surface area contributed by atoms with Crippen molar-refractivity contribution in [3.63, 3.8) is 0 Å². The first-order valence-electron chi connectivity index (χ1n) is 8.75. The van der Waals surface area contributed by atoms with Gasteiger partial charge in [0.25, 0.3) is 0 Å². The van der Waals surface area contributed by atoms with Crippen LogP contribution in [0.25, 0.3) is 0 Å². The molecular weight excluding hydrogens is 248 g/mol. The monoisotopic (exact) mass is 280 g/mol. The number of nitrogens with zero attached hydrogens (tertiary/aromatic N) is 1. The summed E-state index contributed by atoms with van der Waals surface area (Å²) in [6, 6.07) is 0.879. The molecule has 3 nitrogen and oxygen atoms in total. The van der Waals surface area contributed by atoms with E-state index in [0.717, 1.165) is 32.2 Å². The van der Waals surface area contributed by atoms with Gasteiger partial charge in [0.15, 0.2) is 0 Å². The van der Waals surface area contributed by atoms with E-state index in [1.54, 1.807) is 0 Å². The van der Waals surface area contributed by atoms with Gasteiger partial charge in [-0.25, -0.2) is 0 Å². The van der Waals surface area contributed by atoms with Crippen molar-refractivity contribution < 1.29 is 4.79 Å². The fraction of sp³-hybridized carbons (Fsp3) is 0.941. The maximum atomic E-state index is 12.5. The number of carbonyl (C=O) groups is 1. The second kappa shape index (κ2) is 8.02. The molecule has 0 spiro atoms. The number of hydrogen-bond acceptors (Lipinski definition) is 2. The van der Waals surface area contributed by atoms with Gasteiger partial charge in [-0.1, -0.05) is 32.6 Å². The van der Waals surface area contributed by atoms with Gasteiger partial charge in [-0.15, -0.1) is 0 Å². The quantitative estimate of drug-likeness (QED) is 0.857. The number of nitrogens with two attached hydrogens (primary N) is 1. The van der Waals surface area contributed by atoms with Crippen LogP contribution in [0.3, 0.4) is 0 Å². The van der Waals surface area contributed by atoms with Crippen molar-refractivity contribution in [3.05, 3.63) is 0 Å². The third-order valence-corrected chi connectivity index (χ3v) is 5.26. The molecule has 1 saturated carbocycles. The molecule has 3 unspecified atom stereocenters. The average molecular weight is 280 g/mol. The average Bonchev–Trinajstić information content (AvgIpc) is 2.70. The van der Waals surface area contributed by atoms with Crippen LogP contribution >= 0.6 is 0 Å². The van der Waals surface area contributed by atoms with Gasteiger partial charge in [-0.05, 0) is 44.4 Å². The summed E-state index contributed by atoms with van der Waals surface area (Å²) >= 11 is 0. The molecule has 1 aliphatic heterocycles. The van der Waals surface area contributed by atoms with E-state index in [0.29, 0.717) is 23.9 Å². The fourth-order valence-corrected chi connectivity index (χ4v) is 4.00. The molecule has 1 aliphatic carbocycles. The maximum absolute atomic E-state index is 12.5. The molecule has 2 rings (SSSR count). The van der Waals surface area contributed by atoms with E-state index in [9.17, 15) is 4.79 Å². The Balaban J connectivity index is 1.80. The lowest BCUT2D eigenvalue weighted by Crippen LogP contribution is -2.40. The molecule has 1 heterocycles. The Morgan fingerprint density at radius 3 is 2.75 bits per heavy atom. The maximum Gasteiger partial charge on any atom is 0.222 e. The summed E-state index contributed by atoms with van der Waals surface area (Å²) in [7, 11) is 0. The lowest BCUT2D eigenvalue weighted by atomic mass is 9.83. The molecule has 1 saturated heterocycles. The Kier molecular flexibility index (Phi) is 6.34. The number of likely N-dealkylation sites (tertiary alicyclic amines) is 1. The van der Waals surface area contributed by atoms with Gasteiger partial charge < -0.3 is 10.6 Å². The predicted octanol–water partition coefficient (Wildman–Crippen LogP) is 3.47. The zero-order valence-corrected chi connectivity index (χ0v) is 13.2. The molecule has 116 valence electrons. The van der Waals surface area contributed by atoms with Crippen LogP contribution in [0.15, 0.2) is 0 Å². The highest BCUT2D eigenvalue weighted by molar-refractivity contribution is 5.76. The van der Waals surface area contributed by atoms with Crippen LogP contribution in [0.5, 0.6) is 0 Å². The summed E-state index contributed by atoms with van der Waals surface area (Å²) in [5.41, 5.74) is 6.04. The van der Waals surface area contributed by atoms with Crippen molar-refractivity contribution in [1.82, 2.24) is 4.90 Å². The largest absolute Gasteiger partial charge is 0.340 e. The highest BCUT2D eigenvalue weighted by Crippen LogP contribution is 2.28. The number of amides is 1. The molecule has 0 bridgehead atoms. The van der Waals surface area contributed by atoms with Crippen molar-refractivity contribution in [2.24, 2.45) is 11.7 Å². The van der Waals surface area contributed by atoms with E-state index >= 15 is 0 Å². The molecule has 0 aromatic rings. The van der Waals surface area contributed by atoms with Gasteiger partial charge in [0.1, 0.15) is 0 Å². The lowest BCUT2D eigenvalue weighted by molar-refractivity contribution is -0.134. The zero-order chi connectivity index (χ0) is 14.4. The van der Waals surface area contributed by atoms with E-state index in [-0.39, 0.29) is 0 Å². The van der Waals surface area contributed by atoms with Crippen molar-refractivity contribution >= 4 is 5.91 Å². The van der Waals surface area contributed by atoms with Crippen LogP contribution < -0.4 is 5.73 Å². The van der Waals surface area contributed by atoms with E-state index in [1.165, 1.54) is 44.9 Å². The van der Waals surface area contributed by atoms with Crippen molar-refractivity contribution in [2.45, 2.75) is 89.6 Å². The lowest BCUT2D eigenvalue weighted by Gasteiger charge is -2.31. The van der Waals surface area contributed by atoms with Gasteiger partial charge >= 0.3 is 0 Å². The molecule has 2 aliphatic rings. The van der Waals surface area contributed by atoms with Gasteiger partial charge in [-0.2, -0.15) is 0 Å². The van der Waals surface area contributed by atoms with Gasteiger partial charge in [-0.3, -0.25) is 4.79 Å². The van der Waals surface area contributed by atoms with Crippen LogP contribution in [-0.4, -0.2) is 29.4 Å². The van der Waals surface area contributed by atoms with E-state index < -0.39 is 0 Å². The van der Waals surface area contributed by atoms with Crippen molar-refractivity contribution in [2.75, 3.05) is 6.54 Å². The topological polar surface area (TPSA) is 46.3 Å². The van der Waals surface area contributed by atoms with E-state index in [4.69, 9.17) is 5.73 Å². The van der Waals surface area contributed by atoms with Gasteiger partial charge in [0, 0.05) is 25.0 Å². The first-order valence-corrected chi connectivity index (χ1v) is 8.75. The van der Waals surface area contributed by atoms with E-state index in [2.05, 4.69) is 11.8 Å². The minimum absolute atomic E-state index is 0.380. The van der Waals surface area contributed by atoms with E-state index in [1.807, 2.05) is 0 Å². The van der Waals surface area contributed by atoms with Crippen LogP contribution in [-0.2, 0) is 4.79 Å². The molecule has 0 aromatic heterocycles. The Morgan fingerprint density at radius 2 is 2.00 bits per heavy atom. The highest BCUT2D eigenvalue weighted by atomic mass is 16.2. The van der Waals surface area contributed by atoms with Crippen molar-refractivity contribution in [1.29, 1.82) is 0 Å². The molecule has 3 heteroatoms. The standard InChI is InChI=1S/C17H32N2O/c1-2-16-9-4-3-5-12-19(16)17(20)11-10-14-7-6-8-15(18)13-14/h14-16H,2-13,18H2,1H3. The van der Waals surface area contributed by atoms with Crippen LogP contribution in [0.2, 0.25) is 0 Å². The molecular formula is C17H32N2O. The molecule has 20 heavy (non-hydrogen) atoms. The number of carbonyl (C=O) groups excluding carboxylic acids is 1. The Morgan fingerprint density at radius 1 is 1.15 bits per heavy atom. The minimum atomic E-state index is 0.380. The summed E-state index contributed by atoms with van der Waals surface area (Å²) in [4.78, 5) is 14.7. The summed E-state index contributed by atoms with van der Waals surface area (Å²) in [6.07, 6.45) is 12.7. The van der Waals surface area contributed by atoms with Gasteiger partial charge in [0.05, 0.1) is 0 Å². The summed E-state index contributed by atoms with van der Waals surface area (Å²) in [5.74, 6) is 1.09. The summed E-state index contributed by atoms with van der Waals surface area (Å²) < 4.78 is 0. The Hall–Kier alpha value is -0.570. The molecule has 3 atom stereocenters. The van der Waals surface area contributed by atoms with Crippen molar-refractivity contribution in [3.8, 4) is 0 Å². The molecule has 0 aromatic carbocycles. The minimum Gasteiger partial charge on any atom is -0.340 e. The highest BCUT2D eigenvalue weighted by Gasteiger charge is 2.25. The van der Waals surface area contributed by atoms with Crippen LogP contribution in [0, 0.1) is 5.92 Å². The third-order valence-electron chi connectivity index (χ3n) is 5.26. The molecule has 2 N–H and O–H groups in total.